The molecule has 1 aliphatic carbocycles. The van der Waals surface area contributed by atoms with E-state index in [0.717, 1.165) is 44.1 Å². The molecule has 2 aliphatic rings. The highest BCUT2D eigenvalue weighted by molar-refractivity contribution is 5.75. The van der Waals surface area contributed by atoms with Gasteiger partial charge in [0.25, 0.3) is 0 Å². The van der Waals surface area contributed by atoms with Crippen molar-refractivity contribution >= 4 is 5.91 Å². The Hall–Kier alpha value is -2.21. The van der Waals surface area contributed by atoms with Crippen LogP contribution in [0.5, 0.6) is 0 Å². The number of benzene rings is 1. The van der Waals surface area contributed by atoms with Gasteiger partial charge in [0.1, 0.15) is 5.82 Å². The molecule has 1 aromatic heterocycles. The molecule has 1 saturated carbocycles. The molecule has 1 atom stereocenters. The van der Waals surface area contributed by atoms with Crippen molar-refractivity contribution in [2.75, 3.05) is 19.6 Å². The SMILES string of the molecule is NC(=O)CN1CCC[C@H](c2nc(C3CCCC3)nn2Cc2ccccc2)C1. The lowest BCUT2D eigenvalue weighted by atomic mass is 9.97. The molecule has 1 aliphatic heterocycles. The summed E-state index contributed by atoms with van der Waals surface area (Å²) in [5.41, 5.74) is 6.65. The van der Waals surface area contributed by atoms with Gasteiger partial charge in [-0.3, -0.25) is 9.69 Å². The van der Waals surface area contributed by atoms with Gasteiger partial charge in [0, 0.05) is 18.4 Å². The summed E-state index contributed by atoms with van der Waals surface area (Å²) < 4.78 is 2.11. The third-order valence-corrected chi connectivity index (χ3v) is 5.86. The van der Waals surface area contributed by atoms with E-state index >= 15 is 0 Å². The Balaban J connectivity index is 1.59. The minimum atomic E-state index is -0.256. The summed E-state index contributed by atoms with van der Waals surface area (Å²) in [6.07, 6.45) is 7.12. The van der Waals surface area contributed by atoms with Crippen LogP contribution < -0.4 is 5.73 Å². The first-order valence-electron chi connectivity index (χ1n) is 10.2. The molecule has 2 N–H and O–H groups in total. The zero-order valence-corrected chi connectivity index (χ0v) is 15.9. The molecule has 0 bridgehead atoms. The van der Waals surface area contributed by atoms with Crippen LogP contribution >= 0.6 is 0 Å². The average Bonchev–Trinajstić information content (AvgIpc) is 3.32. The molecule has 0 unspecified atom stereocenters. The van der Waals surface area contributed by atoms with Gasteiger partial charge in [-0.2, -0.15) is 5.10 Å². The average molecular weight is 367 g/mol. The van der Waals surface area contributed by atoms with E-state index in [0.29, 0.717) is 18.4 Å². The van der Waals surface area contributed by atoms with E-state index in [1.54, 1.807) is 0 Å². The van der Waals surface area contributed by atoms with Crippen molar-refractivity contribution in [1.82, 2.24) is 19.7 Å². The van der Waals surface area contributed by atoms with E-state index in [4.69, 9.17) is 15.8 Å². The Bertz CT molecular complexity index is 766. The van der Waals surface area contributed by atoms with Crippen LogP contribution in [0.4, 0.5) is 0 Å². The smallest absolute Gasteiger partial charge is 0.231 e. The Morgan fingerprint density at radius 3 is 2.56 bits per heavy atom. The van der Waals surface area contributed by atoms with Gasteiger partial charge in [-0.1, -0.05) is 43.2 Å². The second-order valence-electron chi connectivity index (χ2n) is 7.99. The molecular weight excluding hydrogens is 338 g/mol. The molecule has 1 aromatic carbocycles. The van der Waals surface area contributed by atoms with E-state index in [1.165, 1.54) is 31.2 Å². The number of likely N-dealkylation sites (tertiary alicyclic amines) is 1. The summed E-state index contributed by atoms with van der Waals surface area (Å²) in [4.78, 5) is 18.5. The molecule has 6 nitrogen and oxygen atoms in total. The lowest BCUT2D eigenvalue weighted by Gasteiger charge is -2.31. The van der Waals surface area contributed by atoms with E-state index in [1.807, 2.05) is 6.07 Å². The van der Waals surface area contributed by atoms with Crippen molar-refractivity contribution in [3.05, 3.63) is 47.5 Å². The first kappa shape index (κ1) is 18.2. The van der Waals surface area contributed by atoms with Gasteiger partial charge in [0.2, 0.25) is 5.91 Å². The summed E-state index contributed by atoms with van der Waals surface area (Å²) in [6, 6.07) is 10.5. The summed E-state index contributed by atoms with van der Waals surface area (Å²) in [6.45, 7) is 2.85. The number of piperidine rings is 1. The number of rotatable bonds is 6. The van der Waals surface area contributed by atoms with Crippen LogP contribution in [0.1, 0.15) is 67.6 Å². The third-order valence-electron chi connectivity index (χ3n) is 5.86. The highest BCUT2D eigenvalue weighted by Gasteiger charge is 2.29. The van der Waals surface area contributed by atoms with Crippen LogP contribution in [-0.2, 0) is 11.3 Å². The molecule has 144 valence electrons. The summed E-state index contributed by atoms with van der Waals surface area (Å²) in [7, 11) is 0. The summed E-state index contributed by atoms with van der Waals surface area (Å²) in [5.74, 6) is 2.66. The van der Waals surface area contributed by atoms with Gasteiger partial charge < -0.3 is 5.73 Å². The molecule has 1 saturated heterocycles. The Morgan fingerprint density at radius 2 is 1.81 bits per heavy atom. The van der Waals surface area contributed by atoms with E-state index < -0.39 is 0 Å². The number of hydrogen-bond acceptors (Lipinski definition) is 4. The van der Waals surface area contributed by atoms with E-state index in [9.17, 15) is 4.79 Å². The van der Waals surface area contributed by atoms with Crippen molar-refractivity contribution in [2.24, 2.45) is 5.73 Å². The van der Waals surface area contributed by atoms with Gasteiger partial charge in [-0.15, -0.1) is 0 Å². The Kier molecular flexibility index (Phi) is 5.53. The maximum atomic E-state index is 11.3. The van der Waals surface area contributed by atoms with Gasteiger partial charge in [0.15, 0.2) is 5.82 Å². The largest absolute Gasteiger partial charge is 0.369 e. The van der Waals surface area contributed by atoms with E-state index in [2.05, 4.69) is 33.8 Å². The molecular formula is C21H29N5O. The molecule has 6 heteroatoms. The van der Waals surface area contributed by atoms with Crippen molar-refractivity contribution in [3.8, 4) is 0 Å². The topological polar surface area (TPSA) is 77.0 Å². The van der Waals surface area contributed by atoms with Crippen LogP contribution in [0.15, 0.2) is 30.3 Å². The number of hydrogen-bond donors (Lipinski definition) is 1. The normalized spacial score (nSPS) is 21.6. The molecule has 27 heavy (non-hydrogen) atoms. The van der Waals surface area contributed by atoms with Crippen molar-refractivity contribution in [2.45, 2.75) is 56.9 Å². The fraction of sp³-hybridized carbons (Fsp3) is 0.571. The molecule has 4 rings (SSSR count). The number of nitrogens with zero attached hydrogens (tertiary/aromatic N) is 4. The van der Waals surface area contributed by atoms with Crippen LogP contribution in [0, 0.1) is 0 Å². The number of aromatic nitrogens is 3. The lowest BCUT2D eigenvalue weighted by Crippen LogP contribution is -2.40. The lowest BCUT2D eigenvalue weighted by molar-refractivity contribution is -0.119. The van der Waals surface area contributed by atoms with Crippen molar-refractivity contribution in [1.29, 1.82) is 0 Å². The predicted octanol–water partition coefficient (Wildman–Crippen LogP) is 2.65. The van der Waals surface area contributed by atoms with Crippen LogP contribution in [-0.4, -0.2) is 45.2 Å². The number of carbonyl (C=O) groups is 1. The van der Waals surface area contributed by atoms with Gasteiger partial charge in [-0.25, -0.2) is 9.67 Å². The fourth-order valence-corrected chi connectivity index (χ4v) is 4.53. The Labute approximate surface area is 160 Å². The molecule has 0 spiro atoms. The molecule has 2 heterocycles. The second kappa shape index (κ2) is 8.21. The summed E-state index contributed by atoms with van der Waals surface area (Å²) >= 11 is 0. The Morgan fingerprint density at radius 1 is 1.07 bits per heavy atom. The van der Waals surface area contributed by atoms with Crippen molar-refractivity contribution in [3.63, 3.8) is 0 Å². The monoisotopic (exact) mass is 367 g/mol. The fourth-order valence-electron chi connectivity index (χ4n) is 4.53. The standard InChI is InChI=1S/C21H29N5O/c22-19(27)15-25-12-6-11-18(14-25)21-23-20(17-9-4-5-10-17)24-26(21)13-16-7-2-1-3-8-16/h1-3,7-8,17-18H,4-6,9-15H2,(H2,22,27)/t18-/m0/s1. The minimum absolute atomic E-state index is 0.256. The zero-order chi connectivity index (χ0) is 18.6. The predicted molar refractivity (Wildman–Crippen MR) is 104 cm³/mol. The molecule has 1 amide bonds. The van der Waals surface area contributed by atoms with Crippen LogP contribution in [0.2, 0.25) is 0 Å². The highest BCUT2D eigenvalue weighted by Crippen LogP contribution is 2.34. The molecule has 2 aromatic rings. The highest BCUT2D eigenvalue weighted by atomic mass is 16.1. The number of amides is 1. The number of primary amides is 1. The first-order valence-corrected chi connectivity index (χ1v) is 10.2. The zero-order valence-electron chi connectivity index (χ0n) is 15.9. The maximum absolute atomic E-state index is 11.3. The number of carbonyl (C=O) groups excluding carboxylic acids is 1. The van der Waals surface area contributed by atoms with Gasteiger partial charge in [-0.05, 0) is 37.8 Å². The summed E-state index contributed by atoms with van der Waals surface area (Å²) in [5, 5.41) is 4.94. The van der Waals surface area contributed by atoms with Gasteiger partial charge in [0.05, 0.1) is 13.1 Å². The maximum Gasteiger partial charge on any atom is 0.231 e. The second-order valence-corrected chi connectivity index (χ2v) is 7.99. The number of nitrogens with two attached hydrogens (primary N) is 1. The van der Waals surface area contributed by atoms with Crippen molar-refractivity contribution < 1.29 is 4.79 Å². The third kappa shape index (κ3) is 4.38. The molecule has 2 fully saturated rings. The first-order chi connectivity index (χ1) is 13.2. The minimum Gasteiger partial charge on any atom is -0.369 e. The van der Waals surface area contributed by atoms with Crippen LogP contribution in [0.3, 0.4) is 0 Å². The van der Waals surface area contributed by atoms with Gasteiger partial charge >= 0.3 is 0 Å². The quantitative estimate of drug-likeness (QED) is 0.851. The van der Waals surface area contributed by atoms with E-state index in [-0.39, 0.29) is 5.91 Å². The van der Waals surface area contributed by atoms with Crippen LogP contribution in [0.25, 0.3) is 0 Å². The molecule has 0 radical (unpaired) electrons.